The van der Waals surface area contributed by atoms with E-state index in [-0.39, 0.29) is 24.3 Å². The Bertz CT molecular complexity index is 700. The van der Waals surface area contributed by atoms with Crippen LogP contribution < -0.4 is 5.32 Å². The lowest BCUT2D eigenvalue weighted by Crippen LogP contribution is -2.30. The maximum absolute atomic E-state index is 12.0. The molecule has 0 saturated heterocycles. The molecular formula is C18H22N2O4. The summed E-state index contributed by atoms with van der Waals surface area (Å²) in [4.78, 5) is 27.8. The average Bonchev–Trinajstić information content (AvgIpc) is 2.58. The monoisotopic (exact) mass is 330 g/mol. The lowest BCUT2D eigenvalue weighted by atomic mass is 10.2. The van der Waals surface area contributed by atoms with Gasteiger partial charge < -0.3 is 14.8 Å². The lowest BCUT2D eigenvalue weighted by molar-refractivity contribution is -0.124. The number of hydrogen-bond donors (Lipinski definition) is 1. The Morgan fingerprint density at radius 3 is 2.75 bits per heavy atom. The highest BCUT2D eigenvalue weighted by Gasteiger charge is 2.12. The van der Waals surface area contributed by atoms with Crippen molar-refractivity contribution in [1.82, 2.24) is 10.3 Å². The number of aromatic nitrogens is 1. The van der Waals surface area contributed by atoms with Gasteiger partial charge in [0.15, 0.2) is 6.61 Å². The molecule has 0 radical (unpaired) electrons. The van der Waals surface area contributed by atoms with Gasteiger partial charge in [-0.1, -0.05) is 24.3 Å². The van der Waals surface area contributed by atoms with E-state index in [1.165, 1.54) is 0 Å². The summed E-state index contributed by atoms with van der Waals surface area (Å²) in [6.07, 6.45) is 0.889. The first kappa shape index (κ1) is 17.9. The summed E-state index contributed by atoms with van der Waals surface area (Å²) >= 11 is 0. The molecule has 6 heteroatoms. The third-order valence-corrected chi connectivity index (χ3v) is 3.24. The van der Waals surface area contributed by atoms with Crippen LogP contribution >= 0.6 is 0 Å². The predicted molar refractivity (Wildman–Crippen MR) is 90.7 cm³/mol. The van der Waals surface area contributed by atoms with Gasteiger partial charge in [0, 0.05) is 18.5 Å². The first-order valence-electron chi connectivity index (χ1n) is 7.97. The number of nitrogens with zero attached hydrogens (tertiary/aromatic N) is 1. The Balaban J connectivity index is 1.74. The van der Waals surface area contributed by atoms with Crippen molar-refractivity contribution in [2.75, 3.05) is 19.8 Å². The Hall–Kier alpha value is -2.47. The fourth-order valence-electron chi connectivity index (χ4n) is 2.05. The normalized spacial score (nSPS) is 10.8. The summed E-state index contributed by atoms with van der Waals surface area (Å²) in [6, 6.07) is 10.9. The zero-order chi connectivity index (χ0) is 17.4. The SMILES string of the molecule is CC(C)OCCCNC(=O)COC(=O)c1ccc2ccccc2n1. The highest BCUT2D eigenvalue weighted by molar-refractivity contribution is 5.92. The number of carbonyl (C=O) groups excluding carboxylic acids is 2. The molecule has 1 amide bonds. The minimum absolute atomic E-state index is 0.177. The third kappa shape index (κ3) is 5.62. The molecule has 0 saturated carbocycles. The quantitative estimate of drug-likeness (QED) is 0.594. The molecule has 2 aromatic rings. The maximum atomic E-state index is 12.0. The van der Waals surface area contributed by atoms with Gasteiger partial charge in [0.25, 0.3) is 5.91 Å². The lowest BCUT2D eigenvalue weighted by Gasteiger charge is -2.08. The van der Waals surface area contributed by atoms with Crippen molar-refractivity contribution in [2.24, 2.45) is 0 Å². The van der Waals surface area contributed by atoms with Crippen molar-refractivity contribution in [3.8, 4) is 0 Å². The van der Waals surface area contributed by atoms with E-state index >= 15 is 0 Å². The Morgan fingerprint density at radius 1 is 1.17 bits per heavy atom. The average molecular weight is 330 g/mol. The van der Waals surface area contributed by atoms with Gasteiger partial charge in [-0.25, -0.2) is 9.78 Å². The van der Waals surface area contributed by atoms with Crippen LogP contribution in [0.4, 0.5) is 0 Å². The third-order valence-electron chi connectivity index (χ3n) is 3.24. The summed E-state index contributed by atoms with van der Waals surface area (Å²) < 4.78 is 10.4. The van der Waals surface area contributed by atoms with Crippen LogP contribution in [-0.2, 0) is 14.3 Å². The topological polar surface area (TPSA) is 77.5 Å². The van der Waals surface area contributed by atoms with Crippen LogP contribution in [0.25, 0.3) is 10.9 Å². The zero-order valence-corrected chi connectivity index (χ0v) is 14.0. The molecule has 6 nitrogen and oxygen atoms in total. The standard InChI is InChI=1S/C18H22N2O4/c1-13(2)23-11-5-10-19-17(21)12-24-18(22)16-9-8-14-6-3-4-7-15(14)20-16/h3-4,6-9,13H,5,10-12H2,1-2H3,(H,19,21). The number of ether oxygens (including phenoxy) is 2. The number of nitrogens with one attached hydrogen (secondary N) is 1. The number of carbonyl (C=O) groups is 2. The highest BCUT2D eigenvalue weighted by Crippen LogP contribution is 2.12. The van der Waals surface area contributed by atoms with Gasteiger partial charge in [-0.3, -0.25) is 4.79 Å². The van der Waals surface area contributed by atoms with Crippen LogP contribution in [0, 0.1) is 0 Å². The molecule has 2 rings (SSSR count). The molecule has 0 aliphatic carbocycles. The van der Waals surface area contributed by atoms with Crippen molar-refractivity contribution < 1.29 is 19.1 Å². The molecule has 0 bridgehead atoms. The molecule has 0 aliphatic heterocycles. The minimum atomic E-state index is -0.612. The molecule has 128 valence electrons. The molecule has 0 fully saturated rings. The minimum Gasteiger partial charge on any atom is -0.451 e. The van der Waals surface area contributed by atoms with E-state index in [0.717, 1.165) is 5.39 Å². The van der Waals surface area contributed by atoms with E-state index in [9.17, 15) is 9.59 Å². The molecule has 0 spiro atoms. The Morgan fingerprint density at radius 2 is 1.96 bits per heavy atom. The van der Waals surface area contributed by atoms with E-state index < -0.39 is 5.97 Å². The smallest absolute Gasteiger partial charge is 0.357 e. The Kier molecular flexibility index (Phi) is 6.69. The fourth-order valence-corrected chi connectivity index (χ4v) is 2.05. The molecule has 24 heavy (non-hydrogen) atoms. The van der Waals surface area contributed by atoms with Gasteiger partial charge in [-0.15, -0.1) is 0 Å². The zero-order valence-electron chi connectivity index (χ0n) is 14.0. The number of fused-ring (bicyclic) bond motifs is 1. The van der Waals surface area contributed by atoms with Crippen LogP contribution in [0.2, 0.25) is 0 Å². The molecule has 0 atom stereocenters. The van der Waals surface area contributed by atoms with E-state index in [1.54, 1.807) is 12.1 Å². The summed E-state index contributed by atoms with van der Waals surface area (Å²) in [5, 5.41) is 3.62. The summed E-state index contributed by atoms with van der Waals surface area (Å²) in [5.41, 5.74) is 0.897. The van der Waals surface area contributed by atoms with Gasteiger partial charge >= 0.3 is 5.97 Å². The first-order chi connectivity index (χ1) is 11.6. The summed E-state index contributed by atoms with van der Waals surface area (Å²) in [7, 11) is 0. The second-order valence-electron chi connectivity index (χ2n) is 5.59. The summed E-state index contributed by atoms with van der Waals surface area (Å²) in [5.74, 6) is -0.951. The number of para-hydroxylation sites is 1. The van der Waals surface area contributed by atoms with E-state index in [2.05, 4.69) is 10.3 Å². The summed E-state index contributed by atoms with van der Waals surface area (Å²) in [6.45, 7) is 4.66. The molecule has 1 N–H and O–H groups in total. The predicted octanol–water partition coefficient (Wildman–Crippen LogP) is 2.32. The number of hydrogen-bond acceptors (Lipinski definition) is 5. The number of benzene rings is 1. The van der Waals surface area contributed by atoms with Crippen LogP contribution in [0.5, 0.6) is 0 Å². The van der Waals surface area contributed by atoms with E-state index in [4.69, 9.17) is 9.47 Å². The number of pyridine rings is 1. The number of rotatable bonds is 8. The van der Waals surface area contributed by atoms with Crippen LogP contribution in [0.1, 0.15) is 30.8 Å². The highest BCUT2D eigenvalue weighted by atomic mass is 16.5. The van der Waals surface area contributed by atoms with Crippen molar-refractivity contribution >= 4 is 22.8 Å². The van der Waals surface area contributed by atoms with Gasteiger partial charge in [-0.2, -0.15) is 0 Å². The van der Waals surface area contributed by atoms with Gasteiger partial charge in [0.1, 0.15) is 5.69 Å². The maximum Gasteiger partial charge on any atom is 0.357 e. The van der Waals surface area contributed by atoms with E-state index in [0.29, 0.717) is 25.1 Å². The molecule has 0 aliphatic rings. The number of amides is 1. The first-order valence-corrected chi connectivity index (χ1v) is 7.97. The van der Waals surface area contributed by atoms with Crippen molar-refractivity contribution in [3.05, 3.63) is 42.1 Å². The molecule has 1 heterocycles. The largest absolute Gasteiger partial charge is 0.451 e. The second-order valence-corrected chi connectivity index (χ2v) is 5.59. The van der Waals surface area contributed by atoms with Crippen molar-refractivity contribution in [3.63, 3.8) is 0 Å². The second kappa shape index (κ2) is 8.98. The molecule has 0 unspecified atom stereocenters. The van der Waals surface area contributed by atoms with Gasteiger partial charge in [-0.05, 0) is 32.4 Å². The van der Waals surface area contributed by atoms with Crippen LogP contribution in [-0.4, -0.2) is 42.7 Å². The molecule has 1 aromatic heterocycles. The van der Waals surface area contributed by atoms with E-state index in [1.807, 2.05) is 38.1 Å². The molecule has 1 aromatic carbocycles. The van der Waals surface area contributed by atoms with Gasteiger partial charge in [0.2, 0.25) is 0 Å². The van der Waals surface area contributed by atoms with Crippen LogP contribution in [0.3, 0.4) is 0 Å². The Labute approximate surface area is 141 Å². The van der Waals surface area contributed by atoms with Crippen LogP contribution in [0.15, 0.2) is 36.4 Å². The number of esters is 1. The molecular weight excluding hydrogens is 308 g/mol. The fraction of sp³-hybridized carbons (Fsp3) is 0.389. The van der Waals surface area contributed by atoms with Crippen molar-refractivity contribution in [2.45, 2.75) is 26.4 Å². The van der Waals surface area contributed by atoms with Crippen molar-refractivity contribution in [1.29, 1.82) is 0 Å². The van der Waals surface area contributed by atoms with Gasteiger partial charge in [0.05, 0.1) is 11.6 Å².